The summed E-state index contributed by atoms with van der Waals surface area (Å²) >= 11 is 0. The lowest BCUT2D eigenvalue weighted by atomic mass is 9.97. The molecular weight excluding hydrogens is 334 g/mol. The zero-order chi connectivity index (χ0) is 18.4. The van der Waals surface area contributed by atoms with E-state index in [4.69, 9.17) is 9.15 Å². The molecule has 1 amide bonds. The van der Waals surface area contributed by atoms with Crippen LogP contribution >= 0.6 is 0 Å². The molecule has 1 fully saturated rings. The molecule has 0 saturated heterocycles. The van der Waals surface area contributed by atoms with Crippen molar-refractivity contribution >= 4 is 22.8 Å². The first-order valence-corrected chi connectivity index (χ1v) is 9.13. The Kier molecular flexibility index (Phi) is 6.04. The largest absolute Gasteiger partial charge is 0.450 e. The van der Waals surface area contributed by atoms with E-state index in [0.717, 1.165) is 31.7 Å². The fourth-order valence-electron chi connectivity index (χ4n) is 3.28. The number of para-hydroxylation sites is 1. The van der Waals surface area contributed by atoms with Crippen molar-refractivity contribution in [3.8, 4) is 0 Å². The molecule has 6 heteroatoms. The summed E-state index contributed by atoms with van der Waals surface area (Å²) in [5.41, 5.74) is -0.0105. The lowest BCUT2D eigenvalue weighted by Gasteiger charge is -2.20. The number of ether oxygens (including phenoxy) is 1. The standard InChI is InChI=1S/C20H23NO5/c22-16-12-18(26-17-11-7-6-10-15(16)17)20(24)25-13-19(23)21-14-8-4-2-1-3-5-9-14/h6-7,10-12,14H,1-5,8-9,13H2,(H,21,23). The van der Waals surface area contributed by atoms with Crippen LogP contribution < -0.4 is 10.7 Å². The van der Waals surface area contributed by atoms with Crippen LogP contribution in [0.15, 0.2) is 39.5 Å². The van der Waals surface area contributed by atoms with E-state index in [1.807, 2.05) is 0 Å². The molecule has 0 aliphatic heterocycles. The lowest BCUT2D eigenvalue weighted by Crippen LogP contribution is -2.38. The number of hydrogen-bond acceptors (Lipinski definition) is 5. The number of hydrogen-bond donors (Lipinski definition) is 1. The maximum absolute atomic E-state index is 12.1. The number of benzene rings is 1. The lowest BCUT2D eigenvalue weighted by molar-refractivity contribution is -0.125. The summed E-state index contributed by atoms with van der Waals surface area (Å²) in [6, 6.07) is 7.89. The third kappa shape index (κ3) is 4.71. The molecule has 3 rings (SSSR count). The van der Waals surface area contributed by atoms with Crippen LogP contribution in [-0.2, 0) is 9.53 Å². The monoisotopic (exact) mass is 357 g/mol. The highest BCUT2D eigenvalue weighted by Gasteiger charge is 2.18. The summed E-state index contributed by atoms with van der Waals surface area (Å²) in [4.78, 5) is 36.2. The van der Waals surface area contributed by atoms with Crippen LogP contribution in [0.2, 0.25) is 0 Å². The van der Waals surface area contributed by atoms with Crippen molar-refractivity contribution in [3.05, 3.63) is 46.3 Å². The Balaban J connectivity index is 1.56. The van der Waals surface area contributed by atoms with E-state index in [2.05, 4.69) is 5.32 Å². The summed E-state index contributed by atoms with van der Waals surface area (Å²) in [6.45, 7) is -0.383. The molecule has 1 aromatic carbocycles. The molecule has 1 aliphatic carbocycles. The second kappa shape index (κ2) is 8.65. The number of fused-ring (bicyclic) bond motifs is 1. The van der Waals surface area contributed by atoms with E-state index in [-0.39, 0.29) is 29.7 Å². The normalized spacial score (nSPS) is 15.8. The maximum atomic E-state index is 12.1. The van der Waals surface area contributed by atoms with Gasteiger partial charge in [0, 0.05) is 12.1 Å². The SMILES string of the molecule is O=C(COC(=O)c1cc(=O)c2ccccc2o1)NC1CCCCCCC1. The quantitative estimate of drug-likeness (QED) is 0.850. The average molecular weight is 357 g/mol. The minimum atomic E-state index is -0.819. The topological polar surface area (TPSA) is 85.6 Å². The van der Waals surface area contributed by atoms with Gasteiger partial charge in [0.05, 0.1) is 5.39 Å². The zero-order valence-electron chi connectivity index (χ0n) is 14.7. The Morgan fingerprint density at radius 2 is 1.77 bits per heavy atom. The number of carbonyl (C=O) groups excluding carboxylic acids is 2. The van der Waals surface area contributed by atoms with Gasteiger partial charge in [-0.1, -0.05) is 44.2 Å². The molecular formula is C20H23NO5. The smallest absolute Gasteiger partial charge is 0.374 e. The van der Waals surface area contributed by atoms with Crippen molar-refractivity contribution in [2.45, 2.75) is 51.0 Å². The highest BCUT2D eigenvalue weighted by atomic mass is 16.5. The van der Waals surface area contributed by atoms with Gasteiger partial charge in [-0.2, -0.15) is 0 Å². The van der Waals surface area contributed by atoms with Crippen molar-refractivity contribution in [2.24, 2.45) is 0 Å². The minimum Gasteiger partial charge on any atom is -0.450 e. The first-order valence-electron chi connectivity index (χ1n) is 9.13. The van der Waals surface area contributed by atoms with Crippen molar-refractivity contribution in [1.29, 1.82) is 0 Å². The van der Waals surface area contributed by atoms with Gasteiger partial charge in [0.2, 0.25) is 5.76 Å². The van der Waals surface area contributed by atoms with Crippen LogP contribution in [0.4, 0.5) is 0 Å². The molecule has 1 N–H and O–H groups in total. The van der Waals surface area contributed by atoms with Crippen LogP contribution in [0, 0.1) is 0 Å². The molecule has 1 saturated carbocycles. The van der Waals surface area contributed by atoms with Crippen LogP contribution in [0.5, 0.6) is 0 Å². The van der Waals surface area contributed by atoms with Crippen molar-refractivity contribution < 1.29 is 18.7 Å². The van der Waals surface area contributed by atoms with Gasteiger partial charge in [-0.3, -0.25) is 9.59 Å². The Hall–Kier alpha value is -2.63. The van der Waals surface area contributed by atoms with Crippen molar-refractivity contribution in [1.82, 2.24) is 5.32 Å². The average Bonchev–Trinajstić information content (AvgIpc) is 2.62. The summed E-state index contributed by atoms with van der Waals surface area (Å²) in [7, 11) is 0. The molecule has 0 radical (unpaired) electrons. The van der Waals surface area contributed by atoms with Gasteiger partial charge in [-0.25, -0.2) is 4.79 Å². The number of amides is 1. The van der Waals surface area contributed by atoms with Gasteiger partial charge in [-0.15, -0.1) is 0 Å². The highest BCUT2D eigenvalue weighted by molar-refractivity contribution is 5.90. The molecule has 2 aromatic rings. The molecule has 1 aliphatic rings. The Morgan fingerprint density at radius 3 is 2.54 bits per heavy atom. The van der Waals surface area contributed by atoms with Gasteiger partial charge < -0.3 is 14.5 Å². The summed E-state index contributed by atoms with van der Waals surface area (Å²) in [6.07, 6.45) is 7.78. The molecule has 26 heavy (non-hydrogen) atoms. The molecule has 0 atom stereocenters. The van der Waals surface area contributed by atoms with Crippen LogP contribution in [0.1, 0.15) is 55.5 Å². The van der Waals surface area contributed by atoms with E-state index in [1.54, 1.807) is 24.3 Å². The predicted octanol–water partition coefficient (Wildman–Crippen LogP) is 3.18. The first-order chi connectivity index (χ1) is 12.6. The number of rotatable bonds is 4. The molecule has 1 aromatic heterocycles. The predicted molar refractivity (Wildman–Crippen MR) is 97.0 cm³/mol. The highest BCUT2D eigenvalue weighted by Crippen LogP contribution is 2.17. The summed E-state index contributed by atoms with van der Waals surface area (Å²) < 4.78 is 10.4. The van der Waals surface area contributed by atoms with Crippen molar-refractivity contribution in [3.63, 3.8) is 0 Å². The Bertz CT molecular complexity index is 833. The first kappa shape index (κ1) is 18.2. The maximum Gasteiger partial charge on any atom is 0.374 e. The molecule has 1 heterocycles. The molecule has 138 valence electrons. The minimum absolute atomic E-state index is 0.139. The number of nitrogens with one attached hydrogen (secondary N) is 1. The molecule has 0 unspecified atom stereocenters. The van der Waals surface area contributed by atoms with E-state index in [0.29, 0.717) is 11.0 Å². The van der Waals surface area contributed by atoms with Crippen LogP contribution in [0.25, 0.3) is 11.0 Å². The second-order valence-corrected chi connectivity index (χ2v) is 6.66. The molecule has 6 nitrogen and oxygen atoms in total. The van der Waals surface area contributed by atoms with Gasteiger partial charge >= 0.3 is 5.97 Å². The van der Waals surface area contributed by atoms with Crippen LogP contribution in [-0.4, -0.2) is 24.5 Å². The van der Waals surface area contributed by atoms with E-state index in [9.17, 15) is 14.4 Å². The number of carbonyl (C=O) groups is 2. The molecule has 0 bridgehead atoms. The van der Waals surface area contributed by atoms with E-state index >= 15 is 0 Å². The Labute approximate surface area is 151 Å². The van der Waals surface area contributed by atoms with E-state index in [1.165, 1.54) is 19.3 Å². The fourth-order valence-corrected chi connectivity index (χ4v) is 3.28. The summed E-state index contributed by atoms with van der Waals surface area (Å²) in [5, 5.41) is 3.32. The zero-order valence-corrected chi connectivity index (χ0v) is 14.7. The fraction of sp³-hybridized carbons (Fsp3) is 0.450. The van der Waals surface area contributed by atoms with Gasteiger partial charge in [0.25, 0.3) is 5.91 Å². The Morgan fingerprint density at radius 1 is 1.08 bits per heavy atom. The molecule has 0 spiro atoms. The van der Waals surface area contributed by atoms with Crippen LogP contribution in [0.3, 0.4) is 0 Å². The van der Waals surface area contributed by atoms with Gasteiger partial charge in [0.15, 0.2) is 12.0 Å². The third-order valence-electron chi connectivity index (χ3n) is 4.64. The van der Waals surface area contributed by atoms with E-state index < -0.39 is 5.97 Å². The summed E-state index contributed by atoms with van der Waals surface area (Å²) in [5.74, 6) is -1.35. The second-order valence-electron chi connectivity index (χ2n) is 6.66. The van der Waals surface area contributed by atoms with Crippen molar-refractivity contribution in [2.75, 3.05) is 6.61 Å². The number of esters is 1. The van der Waals surface area contributed by atoms with Gasteiger partial charge in [0.1, 0.15) is 5.58 Å². The third-order valence-corrected chi connectivity index (χ3v) is 4.64. The van der Waals surface area contributed by atoms with Gasteiger partial charge in [-0.05, 0) is 25.0 Å².